The molecular weight excluding hydrogens is 342 g/mol. The van der Waals surface area contributed by atoms with Crippen molar-refractivity contribution in [2.75, 3.05) is 37.5 Å². The van der Waals surface area contributed by atoms with Crippen LogP contribution in [0.25, 0.3) is 0 Å². The molecule has 0 aliphatic carbocycles. The summed E-state index contributed by atoms with van der Waals surface area (Å²) in [6, 6.07) is 15.3. The zero-order chi connectivity index (χ0) is 19.4. The van der Waals surface area contributed by atoms with Crippen LogP contribution in [0.15, 0.2) is 48.5 Å². The van der Waals surface area contributed by atoms with Crippen LogP contribution >= 0.6 is 0 Å². The Kier molecular flexibility index (Phi) is 5.64. The van der Waals surface area contributed by atoms with E-state index in [1.807, 2.05) is 67.5 Å². The van der Waals surface area contributed by atoms with Gasteiger partial charge in [-0.3, -0.25) is 9.59 Å². The minimum Gasteiger partial charge on any atom is -0.497 e. The van der Waals surface area contributed by atoms with E-state index in [9.17, 15) is 9.59 Å². The van der Waals surface area contributed by atoms with E-state index in [1.54, 1.807) is 12.0 Å². The van der Waals surface area contributed by atoms with E-state index in [2.05, 4.69) is 5.32 Å². The first kappa shape index (κ1) is 18.8. The number of anilines is 2. The maximum absolute atomic E-state index is 12.5. The molecule has 1 heterocycles. The van der Waals surface area contributed by atoms with E-state index in [0.29, 0.717) is 13.1 Å². The molecule has 2 aromatic carbocycles. The molecule has 142 valence electrons. The van der Waals surface area contributed by atoms with Gasteiger partial charge in [0, 0.05) is 45.0 Å². The molecule has 1 aliphatic rings. The van der Waals surface area contributed by atoms with E-state index < -0.39 is 0 Å². The molecule has 0 aromatic heterocycles. The van der Waals surface area contributed by atoms with Gasteiger partial charge in [-0.1, -0.05) is 12.1 Å². The van der Waals surface area contributed by atoms with Crippen LogP contribution in [0.5, 0.6) is 5.75 Å². The van der Waals surface area contributed by atoms with Crippen molar-refractivity contribution in [3.63, 3.8) is 0 Å². The molecule has 0 saturated carbocycles. The monoisotopic (exact) mass is 367 g/mol. The lowest BCUT2D eigenvalue weighted by atomic mass is 10.1. The fourth-order valence-corrected chi connectivity index (χ4v) is 3.14. The molecule has 27 heavy (non-hydrogen) atoms. The second kappa shape index (κ2) is 8.12. The van der Waals surface area contributed by atoms with Gasteiger partial charge in [-0.25, -0.2) is 0 Å². The Hall–Kier alpha value is -3.02. The first-order valence-electron chi connectivity index (χ1n) is 8.96. The predicted octanol–water partition coefficient (Wildman–Crippen LogP) is 2.43. The van der Waals surface area contributed by atoms with Gasteiger partial charge < -0.3 is 19.9 Å². The van der Waals surface area contributed by atoms with E-state index in [1.165, 1.54) is 0 Å². The molecule has 2 amide bonds. The van der Waals surface area contributed by atoms with Crippen molar-refractivity contribution in [1.82, 2.24) is 5.32 Å². The molecule has 1 aliphatic heterocycles. The molecule has 0 bridgehead atoms. The quantitative estimate of drug-likeness (QED) is 0.852. The van der Waals surface area contributed by atoms with Crippen LogP contribution < -0.4 is 19.9 Å². The first-order chi connectivity index (χ1) is 13.0. The Morgan fingerprint density at radius 2 is 1.81 bits per heavy atom. The van der Waals surface area contributed by atoms with Crippen LogP contribution in [-0.2, 0) is 16.1 Å². The number of carbonyl (C=O) groups excluding carboxylic acids is 2. The number of nitrogens with zero attached hydrogens (tertiary/aromatic N) is 2. The topological polar surface area (TPSA) is 61.9 Å². The number of hydrogen-bond donors (Lipinski definition) is 1. The van der Waals surface area contributed by atoms with Crippen LogP contribution in [-0.4, -0.2) is 39.6 Å². The number of ether oxygens (including phenoxy) is 1. The summed E-state index contributed by atoms with van der Waals surface area (Å²) in [6.07, 6.45) is 0.234. The molecule has 3 rings (SSSR count). The van der Waals surface area contributed by atoms with Crippen molar-refractivity contribution < 1.29 is 14.3 Å². The number of hydrogen-bond acceptors (Lipinski definition) is 4. The summed E-state index contributed by atoms with van der Waals surface area (Å²) in [5.41, 5.74) is 2.93. The summed E-state index contributed by atoms with van der Waals surface area (Å²) in [4.78, 5) is 28.5. The Labute approximate surface area is 159 Å². The third kappa shape index (κ3) is 4.39. The molecule has 1 atom stereocenters. The summed E-state index contributed by atoms with van der Waals surface area (Å²) in [6.45, 7) is 0.857. The second-order valence-corrected chi connectivity index (χ2v) is 6.88. The number of rotatable bonds is 6. The average molecular weight is 367 g/mol. The standard InChI is InChI=1S/C21H25N3O3/c1-23(2)17-6-4-15(5-7-17)13-22-21(26)16-12-20(25)24(14-16)18-8-10-19(27-3)11-9-18/h4-11,16H,12-14H2,1-3H3,(H,22,26)/t16-/m0/s1. The summed E-state index contributed by atoms with van der Waals surface area (Å²) >= 11 is 0. The van der Waals surface area contributed by atoms with Crippen molar-refractivity contribution >= 4 is 23.2 Å². The van der Waals surface area contributed by atoms with Gasteiger partial charge in [-0.05, 0) is 42.0 Å². The fourth-order valence-electron chi connectivity index (χ4n) is 3.14. The fraction of sp³-hybridized carbons (Fsp3) is 0.333. The summed E-state index contributed by atoms with van der Waals surface area (Å²) < 4.78 is 5.14. The van der Waals surface area contributed by atoms with E-state index in [4.69, 9.17) is 4.74 Å². The zero-order valence-corrected chi connectivity index (χ0v) is 15.9. The highest BCUT2D eigenvalue weighted by Crippen LogP contribution is 2.27. The lowest BCUT2D eigenvalue weighted by Crippen LogP contribution is -2.32. The molecule has 1 N–H and O–H groups in total. The summed E-state index contributed by atoms with van der Waals surface area (Å²) in [5.74, 6) is 0.285. The minimum absolute atomic E-state index is 0.0318. The first-order valence-corrected chi connectivity index (χ1v) is 8.96. The van der Waals surface area contributed by atoms with Gasteiger partial charge in [0.25, 0.3) is 0 Å². The second-order valence-electron chi connectivity index (χ2n) is 6.88. The van der Waals surface area contributed by atoms with Gasteiger partial charge in [0.2, 0.25) is 11.8 Å². The van der Waals surface area contributed by atoms with Crippen LogP contribution in [0.3, 0.4) is 0 Å². The predicted molar refractivity (Wildman–Crippen MR) is 106 cm³/mol. The third-order valence-corrected chi connectivity index (χ3v) is 4.80. The SMILES string of the molecule is COc1ccc(N2C[C@@H](C(=O)NCc3ccc(N(C)C)cc3)CC2=O)cc1. The largest absolute Gasteiger partial charge is 0.497 e. The van der Waals surface area contributed by atoms with Gasteiger partial charge in [0.05, 0.1) is 13.0 Å². The highest BCUT2D eigenvalue weighted by molar-refractivity contribution is 6.00. The van der Waals surface area contributed by atoms with Gasteiger partial charge in [0.15, 0.2) is 0 Å². The van der Waals surface area contributed by atoms with Gasteiger partial charge in [0.1, 0.15) is 5.75 Å². The summed E-state index contributed by atoms with van der Waals surface area (Å²) in [7, 11) is 5.58. The van der Waals surface area contributed by atoms with E-state index >= 15 is 0 Å². The molecule has 2 aromatic rings. The molecule has 1 fully saturated rings. The highest BCUT2D eigenvalue weighted by Gasteiger charge is 2.34. The Morgan fingerprint density at radius 3 is 2.41 bits per heavy atom. The van der Waals surface area contributed by atoms with Crippen LogP contribution in [0.4, 0.5) is 11.4 Å². The molecule has 6 nitrogen and oxygen atoms in total. The molecular formula is C21H25N3O3. The number of methoxy groups -OCH3 is 1. The number of amides is 2. The Balaban J connectivity index is 1.56. The van der Waals surface area contributed by atoms with Crippen LogP contribution in [0, 0.1) is 5.92 Å². The van der Waals surface area contributed by atoms with E-state index in [0.717, 1.165) is 22.7 Å². The summed E-state index contributed by atoms with van der Waals surface area (Å²) in [5, 5.41) is 2.95. The van der Waals surface area contributed by atoms with Gasteiger partial charge >= 0.3 is 0 Å². The van der Waals surface area contributed by atoms with Crippen molar-refractivity contribution in [3.8, 4) is 5.75 Å². The highest BCUT2D eigenvalue weighted by atomic mass is 16.5. The Bertz CT molecular complexity index is 800. The lowest BCUT2D eigenvalue weighted by Gasteiger charge is -2.17. The average Bonchev–Trinajstić information content (AvgIpc) is 3.08. The zero-order valence-electron chi connectivity index (χ0n) is 15.9. The van der Waals surface area contributed by atoms with Crippen molar-refractivity contribution in [2.45, 2.75) is 13.0 Å². The molecule has 0 spiro atoms. The van der Waals surface area contributed by atoms with Crippen LogP contribution in [0.1, 0.15) is 12.0 Å². The Morgan fingerprint density at radius 1 is 1.15 bits per heavy atom. The molecule has 0 radical (unpaired) electrons. The number of carbonyl (C=O) groups is 2. The number of benzene rings is 2. The molecule has 1 saturated heterocycles. The smallest absolute Gasteiger partial charge is 0.227 e. The van der Waals surface area contributed by atoms with Gasteiger partial charge in [-0.2, -0.15) is 0 Å². The molecule has 6 heteroatoms. The van der Waals surface area contributed by atoms with Crippen LogP contribution in [0.2, 0.25) is 0 Å². The van der Waals surface area contributed by atoms with E-state index in [-0.39, 0.29) is 24.2 Å². The minimum atomic E-state index is -0.333. The third-order valence-electron chi connectivity index (χ3n) is 4.80. The maximum atomic E-state index is 12.5. The maximum Gasteiger partial charge on any atom is 0.227 e. The lowest BCUT2D eigenvalue weighted by molar-refractivity contribution is -0.126. The number of nitrogens with one attached hydrogen (secondary N) is 1. The van der Waals surface area contributed by atoms with Crippen molar-refractivity contribution in [1.29, 1.82) is 0 Å². The molecule has 0 unspecified atom stereocenters. The van der Waals surface area contributed by atoms with Gasteiger partial charge in [-0.15, -0.1) is 0 Å². The normalized spacial score (nSPS) is 16.3. The van der Waals surface area contributed by atoms with Crippen molar-refractivity contribution in [3.05, 3.63) is 54.1 Å². The van der Waals surface area contributed by atoms with Crippen molar-refractivity contribution in [2.24, 2.45) is 5.92 Å².